The summed E-state index contributed by atoms with van der Waals surface area (Å²) in [6, 6.07) is 13.1. The van der Waals surface area contributed by atoms with E-state index in [0.717, 1.165) is 4.47 Å². The number of para-hydroxylation sites is 1. The number of carbonyl (C=O) groups is 2. The fourth-order valence-electron chi connectivity index (χ4n) is 2.70. The van der Waals surface area contributed by atoms with Crippen LogP contribution < -0.4 is 10.2 Å². The van der Waals surface area contributed by atoms with E-state index < -0.39 is 10.8 Å². The molecule has 1 N–H and O–H groups in total. The average molecular weight is 404 g/mol. The number of non-ortho nitro benzene ring substituents is 1. The first-order valence-corrected chi connectivity index (χ1v) is 8.35. The molecule has 0 radical (unpaired) electrons. The van der Waals surface area contributed by atoms with Crippen molar-refractivity contribution in [1.82, 2.24) is 0 Å². The average Bonchev–Trinajstić information content (AvgIpc) is 2.99. The first-order valence-electron chi connectivity index (χ1n) is 7.56. The molecule has 1 aliphatic rings. The number of nitrogens with one attached hydrogen (secondary N) is 1. The second-order valence-corrected chi connectivity index (χ2v) is 6.51. The zero-order valence-corrected chi connectivity index (χ0v) is 14.6. The van der Waals surface area contributed by atoms with Gasteiger partial charge in [0.1, 0.15) is 0 Å². The molecule has 2 amide bonds. The molecular weight excluding hydrogens is 390 g/mol. The van der Waals surface area contributed by atoms with E-state index in [1.54, 1.807) is 18.2 Å². The number of anilines is 2. The van der Waals surface area contributed by atoms with Crippen molar-refractivity contribution in [3.63, 3.8) is 0 Å². The number of amides is 2. The lowest BCUT2D eigenvalue weighted by atomic mass is 10.1. The van der Waals surface area contributed by atoms with Gasteiger partial charge in [-0.3, -0.25) is 19.7 Å². The Morgan fingerprint density at radius 3 is 2.72 bits per heavy atom. The molecule has 0 saturated carbocycles. The first-order chi connectivity index (χ1) is 12.0. The fraction of sp³-hybridized carbons (Fsp3) is 0.176. The molecule has 0 bridgehead atoms. The summed E-state index contributed by atoms with van der Waals surface area (Å²) >= 11 is 3.36. The number of nitro benzene ring substituents is 1. The predicted octanol–water partition coefficient (Wildman–Crippen LogP) is 3.35. The minimum atomic E-state index is -0.515. The summed E-state index contributed by atoms with van der Waals surface area (Å²) in [6.45, 7) is 0.191. The van der Waals surface area contributed by atoms with Gasteiger partial charge < -0.3 is 10.2 Å². The minimum Gasteiger partial charge on any atom is -0.325 e. The summed E-state index contributed by atoms with van der Waals surface area (Å²) in [4.78, 5) is 36.5. The van der Waals surface area contributed by atoms with Gasteiger partial charge in [0.05, 0.1) is 22.2 Å². The van der Waals surface area contributed by atoms with E-state index in [-0.39, 0.29) is 30.5 Å². The number of hydrogen-bond acceptors (Lipinski definition) is 4. The van der Waals surface area contributed by atoms with Gasteiger partial charge in [-0.1, -0.05) is 18.2 Å². The highest BCUT2D eigenvalue weighted by Gasteiger charge is 2.35. The van der Waals surface area contributed by atoms with Crippen LogP contribution >= 0.6 is 15.9 Å². The van der Waals surface area contributed by atoms with Crippen LogP contribution in [0.15, 0.2) is 53.0 Å². The molecule has 0 spiro atoms. The number of rotatable bonds is 4. The van der Waals surface area contributed by atoms with E-state index in [9.17, 15) is 19.7 Å². The Morgan fingerprint density at radius 1 is 1.24 bits per heavy atom. The van der Waals surface area contributed by atoms with Crippen LogP contribution in [0.2, 0.25) is 0 Å². The van der Waals surface area contributed by atoms with Gasteiger partial charge >= 0.3 is 0 Å². The van der Waals surface area contributed by atoms with Gasteiger partial charge in [-0.05, 0) is 34.1 Å². The highest BCUT2D eigenvalue weighted by Crippen LogP contribution is 2.29. The zero-order chi connectivity index (χ0) is 18.0. The van der Waals surface area contributed by atoms with Gasteiger partial charge in [0.25, 0.3) is 5.69 Å². The summed E-state index contributed by atoms with van der Waals surface area (Å²) in [7, 11) is 0. The summed E-state index contributed by atoms with van der Waals surface area (Å²) in [6.07, 6.45) is 0.0684. The van der Waals surface area contributed by atoms with E-state index in [1.807, 2.05) is 12.1 Å². The fourth-order valence-corrected chi connectivity index (χ4v) is 3.09. The van der Waals surface area contributed by atoms with Crippen molar-refractivity contribution in [3.8, 4) is 0 Å². The van der Waals surface area contributed by atoms with Crippen molar-refractivity contribution in [1.29, 1.82) is 0 Å². The maximum absolute atomic E-state index is 12.4. The molecule has 7 nitrogen and oxygen atoms in total. The van der Waals surface area contributed by atoms with Gasteiger partial charge in [0.2, 0.25) is 11.8 Å². The molecule has 25 heavy (non-hydrogen) atoms. The van der Waals surface area contributed by atoms with Gasteiger partial charge in [-0.15, -0.1) is 0 Å². The van der Waals surface area contributed by atoms with Crippen molar-refractivity contribution < 1.29 is 14.5 Å². The lowest BCUT2D eigenvalue weighted by Gasteiger charge is -2.16. The molecule has 1 saturated heterocycles. The largest absolute Gasteiger partial charge is 0.325 e. The molecule has 1 atom stereocenters. The number of nitrogens with zero attached hydrogens (tertiary/aromatic N) is 2. The van der Waals surface area contributed by atoms with E-state index in [4.69, 9.17) is 0 Å². The van der Waals surface area contributed by atoms with Crippen LogP contribution in [-0.2, 0) is 9.59 Å². The van der Waals surface area contributed by atoms with Crippen molar-refractivity contribution >= 4 is 44.8 Å². The Morgan fingerprint density at radius 2 is 2.00 bits per heavy atom. The quantitative estimate of drug-likeness (QED) is 0.625. The molecule has 1 fully saturated rings. The Hall–Kier alpha value is -2.74. The van der Waals surface area contributed by atoms with Crippen LogP contribution in [0.3, 0.4) is 0 Å². The smallest absolute Gasteiger partial charge is 0.271 e. The molecule has 2 aromatic rings. The zero-order valence-electron chi connectivity index (χ0n) is 13.0. The molecule has 0 aromatic heterocycles. The third-order valence-corrected chi connectivity index (χ3v) is 4.67. The number of halogens is 1. The van der Waals surface area contributed by atoms with E-state index in [1.165, 1.54) is 23.1 Å². The summed E-state index contributed by atoms with van der Waals surface area (Å²) in [5, 5.41) is 13.7. The minimum absolute atomic E-state index is 0.0684. The standard InChI is InChI=1S/C17H14BrN3O4/c18-14-6-1-2-7-15(14)19-17(23)11-8-16(22)20(10-11)12-4-3-5-13(9-12)21(24)25/h1-7,9,11H,8,10H2,(H,19,23). The number of nitro groups is 1. The summed E-state index contributed by atoms with van der Waals surface area (Å²) in [5.41, 5.74) is 0.968. The number of carbonyl (C=O) groups excluding carboxylic acids is 2. The molecule has 8 heteroatoms. The molecule has 1 unspecified atom stereocenters. The molecule has 128 valence electrons. The summed E-state index contributed by atoms with van der Waals surface area (Å²) < 4.78 is 0.753. The second-order valence-electron chi connectivity index (χ2n) is 5.65. The Bertz CT molecular complexity index is 855. The third kappa shape index (κ3) is 3.69. The van der Waals surface area contributed by atoms with Crippen molar-refractivity contribution in [3.05, 3.63) is 63.1 Å². The Labute approximate surface area is 151 Å². The first kappa shape index (κ1) is 17.1. The van der Waals surface area contributed by atoms with Gasteiger partial charge in [0, 0.05) is 29.6 Å². The van der Waals surface area contributed by atoms with Gasteiger partial charge in [-0.25, -0.2) is 0 Å². The monoisotopic (exact) mass is 403 g/mol. The maximum Gasteiger partial charge on any atom is 0.271 e. The lowest BCUT2D eigenvalue weighted by Crippen LogP contribution is -2.28. The van der Waals surface area contributed by atoms with Crippen LogP contribution in [0.25, 0.3) is 0 Å². The van der Waals surface area contributed by atoms with Crippen molar-refractivity contribution in [2.75, 3.05) is 16.8 Å². The summed E-state index contributed by atoms with van der Waals surface area (Å²) in [5.74, 6) is -1.00. The van der Waals surface area contributed by atoms with Crippen molar-refractivity contribution in [2.45, 2.75) is 6.42 Å². The van der Waals surface area contributed by atoms with Crippen LogP contribution in [0.1, 0.15) is 6.42 Å². The normalized spacial score (nSPS) is 16.8. The van der Waals surface area contributed by atoms with E-state index in [0.29, 0.717) is 11.4 Å². The van der Waals surface area contributed by atoms with Crippen LogP contribution in [-0.4, -0.2) is 23.3 Å². The molecular formula is C17H14BrN3O4. The molecule has 1 heterocycles. The van der Waals surface area contributed by atoms with E-state index in [2.05, 4.69) is 21.2 Å². The number of benzene rings is 2. The van der Waals surface area contributed by atoms with Crippen LogP contribution in [0.4, 0.5) is 17.1 Å². The lowest BCUT2D eigenvalue weighted by molar-refractivity contribution is -0.384. The maximum atomic E-state index is 12.4. The second kappa shape index (κ2) is 7.02. The molecule has 1 aliphatic heterocycles. The SMILES string of the molecule is O=C(Nc1ccccc1Br)C1CC(=O)N(c2cccc([N+](=O)[O-])c2)C1. The Kier molecular flexibility index (Phi) is 4.80. The Balaban J connectivity index is 1.74. The highest BCUT2D eigenvalue weighted by molar-refractivity contribution is 9.10. The third-order valence-electron chi connectivity index (χ3n) is 3.98. The number of hydrogen-bond donors (Lipinski definition) is 1. The predicted molar refractivity (Wildman–Crippen MR) is 96.3 cm³/mol. The van der Waals surface area contributed by atoms with Gasteiger partial charge in [-0.2, -0.15) is 0 Å². The molecule has 0 aliphatic carbocycles. The van der Waals surface area contributed by atoms with Gasteiger partial charge in [0.15, 0.2) is 0 Å². The molecule has 2 aromatic carbocycles. The topological polar surface area (TPSA) is 92.6 Å². The van der Waals surface area contributed by atoms with Crippen LogP contribution in [0.5, 0.6) is 0 Å². The van der Waals surface area contributed by atoms with Crippen molar-refractivity contribution in [2.24, 2.45) is 5.92 Å². The van der Waals surface area contributed by atoms with Crippen LogP contribution in [0, 0.1) is 16.0 Å². The molecule has 3 rings (SSSR count). The van der Waals surface area contributed by atoms with E-state index >= 15 is 0 Å². The highest BCUT2D eigenvalue weighted by atomic mass is 79.9.